The third kappa shape index (κ3) is 2.05. The Kier molecular flexibility index (Phi) is 2.69. The van der Waals surface area contributed by atoms with Gasteiger partial charge in [0.05, 0.1) is 6.20 Å². The Morgan fingerprint density at radius 1 is 1.42 bits per heavy atom. The number of piperidine rings is 1. The molecule has 0 aromatic carbocycles. The van der Waals surface area contributed by atoms with Crippen molar-refractivity contribution in [1.82, 2.24) is 20.3 Å². The Hall–Kier alpha value is -2.05. The number of nitrogens with zero attached hydrogens (tertiary/aromatic N) is 3. The lowest BCUT2D eigenvalue weighted by Gasteiger charge is -2.19. The van der Waals surface area contributed by atoms with E-state index in [1.807, 2.05) is 0 Å². The van der Waals surface area contributed by atoms with Gasteiger partial charge in [-0.3, -0.25) is 4.79 Å². The summed E-state index contributed by atoms with van der Waals surface area (Å²) in [6, 6.07) is 1.69. The number of likely N-dealkylation sites (tertiary alicyclic amines) is 1. The minimum atomic E-state index is -0.123. The monoisotopic (exact) mass is 264 g/mol. The van der Waals surface area contributed by atoms with Gasteiger partial charge in [0.1, 0.15) is 0 Å². The first-order valence-corrected chi connectivity index (χ1v) is 6.25. The van der Waals surface area contributed by atoms with Gasteiger partial charge < -0.3 is 19.6 Å². The molecule has 3 amide bonds. The summed E-state index contributed by atoms with van der Waals surface area (Å²) >= 11 is 0. The number of fused-ring (bicyclic) bond motifs is 1. The van der Waals surface area contributed by atoms with Gasteiger partial charge in [0.25, 0.3) is 5.91 Å². The summed E-state index contributed by atoms with van der Waals surface area (Å²) in [5.74, 6) is 0.893. The SMILES string of the molecule is CN(C)C(=O)NC1[C@H]2CN(C(=O)c3ccno3)C[C@@H]12. The smallest absolute Gasteiger partial charge is 0.317 e. The van der Waals surface area contributed by atoms with Crippen molar-refractivity contribution >= 4 is 11.9 Å². The number of urea groups is 1. The zero-order valence-electron chi connectivity index (χ0n) is 10.9. The lowest BCUT2D eigenvalue weighted by atomic mass is 10.3. The van der Waals surface area contributed by atoms with Gasteiger partial charge in [-0.2, -0.15) is 0 Å². The van der Waals surface area contributed by atoms with E-state index in [0.29, 0.717) is 24.9 Å². The third-order valence-corrected chi connectivity index (χ3v) is 3.83. The fourth-order valence-corrected chi connectivity index (χ4v) is 2.66. The van der Waals surface area contributed by atoms with Crippen LogP contribution in [0.25, 0.3) is 0 Å². The summed E-state index contributed by atoms with van der Waals surface area (Å²) < 4.78 is 4.86. The molecule has 1 saturated heterocycles. The first kappa shape index (κ1) is 12.0. The van der Waals surface area contributed by atoms with Crippen LogP contribution in [0, 0.1) is 11.8 Å². The third-order valence-electron chi connectivity index (χ3n) is 3.83. The summed E-state index contributed by atoms with van der Waals surface area (Å²) in [5.41, 5.74) is 0. The summed E-state index contributed by atoms with van der Waals surface area (Å²) in [4.78, 5) is 26.8. The molecule has 1 unspecified atom stereocenters. The van der Waals surface area contributed by atoms with Gasteiger partial charge >= 0.3 is 6.03 Å². The largest absolute Gasteiger partial charge is 0.351 e. The maximum Gasteiger partial charge on any atom is 0.317 e. The van der Waals surface area contributed by atoms with E-state index in [1.54, 1.807) is 25.1 Å². The minimum Gasteiger partial charge on any atom is -0.351 e. The van der Waals surface area contributed by atoms with Gasteiger partial charge in [-0.15, -0.1) is 0 Å². The van der Waals surface area contributed by atoms with Gasteiger partial charge in [0.2, 0.25) is 5.76 Å². The molecule has 3 rings (SSSR count). The fourth-order valence-electron chi connectivity index (χ4n) is 2.66. The van der Waals surface area contributed by atoms with E-state index in [9.17, 15) is 9.59 Å². The molecule has 1 aliphatic carbocycles. The van der Waals surface area contributed by atoms with Crippen LogP contribution in [0.3, 0.4) is 0 Å². The highest BCUT2D eigenvalue weighted by Gasteiger charge is 2.57. The van der Waals surface area contributed by atoms with Crippen molar-refractivity contribution in [3.05, 3.63) is 18.0 Å². The summed E-state index contributed by atoms with van der Waals surface area (Å²) in [6.07, 6.45) is 1.46. The van der Waals surface area contributed by atoms with E-state index in [1.165, 1.54) is 11.1 Å². The second kappa shape index (κ2) is 4.25. The molecule has 1 aromatic rings. The number of rotatable bonds is 2. The zero-order chi connectivity index (χ0) is 13.6. The highest BCUT2D eigenvalue weighted by Crippen LogP contribution is 2.45. The average Bonchev–Trinajstić information content (AvgIpc) is 2.87. The number of carbonyl (C=O) groups is 2. The Bertz CT molecular complexity index is 487. The molecule has 2 fully saturated rings. The standard InChI is InChI=1S/C12H16N4O3/c1-15(2)12(18)14-10-7-5-16(6-8(7)10)11(17)9-3-4-13-19-9/h3-4,7-8,10H,5-6H2,1-2H3,(H,14,18)/t7-,8+,10?. The van der Waals surface area contributed by atoms with Gasteiger partial charge in [0, 0.05) is 51.1 Å². The molecule has 1 N–H and O–H groups in total. The number of aromatic nitrogens is 1. The highest BCUT2D eigenvalue weighted by molar-refractivity contribution is 5.91. The first-order chi connectivity index (χ1) is 9.08. The summed E-state index contributed by atoms with van der Waals surface area (Å²) in [7, 11) is 3.43. The van der Waals surface area contributed by atoms with Crippen LogP contribution in [0.2, 0.25) is 0 Å². The molecule has 1 aliphatic heterocycles. The Balaban J connectivity index is 1.53. The van der Waals surface area contributed by atoms with Crippen LogP contribution < -0.4 is 5.32 Å². The molecule has 1 saturated carbocycles. The van der Waals surface area contributed by atoms with Crippen LogP contribution >= 0.6 is 0 Å². The molecule has 2 heterocycles. The second-order valence-corrected chi connectivity index (χ2v) is 5.28. The van der Waals surface area contributed by atoms with Crippen LogP contribution in [0.15, 0.2) is 16.8 Å². The van der Waals surface area contributed by atoms with Gasteiger partial charge in [-0.25, -0.2) is 4.79 Å². The molecular formula is C12H16N4O3. The van der Waals surface area contributed by atoms with Crippen molar-refractivity contribution in [2.75, 3.05) is 27.2 Å². The molecule has 19 heavy (non-hydrogen) atoms. The predicted molar refractivity (Wildman–Crippen MR) is 65.4 cm³/mol. The summed E-state index contributed by atoms with van der Waals surface area (Å²) in [5, 5.41) is 6.50. The van der Waals surface area contributed by atoms with Crippen molar-refractivity contribution in [2.45, 2.75) is 6.04 Å². The van der Waals surface area contributed by atoms with Crippen LogP contribution in [0.4, 0.5) is 4.79 Å². The van der Waals surface area contributed by atoms with Crippen LogP contribution in [0.1, 0.15) is 10.6 Å². The van der Waals surface area contributed by atoms with E-state index >= 15 is 0 Å². The molecule has 0 spiro atoms. The Morgan fingerprint density at radius 3 is 2.63 bits per heavy atom. The molecule has 7 heteroatoms. The van der Waals surface area contributed by atoms with Crippen LogP contribution in [-0.2, 0) is 0 Å². The lowest BCUT2D eigenvalue weighted by Crippen LogP contribution is -2.41. The normalized spacial score (nSPS) is 27.9. The van der Waals surface area contributed by atoms with Crippen molar-refractivity contribution in [2.24, 2.45) is 11.8 Å². The Morgan fingerprint density at radius 2 is 2.11 bits per heavy atom. The molecule has 3 atom stereocenters. The molecule has 2 aliphatic rings. The van der Waals surface area contributed by atoms with Crippen LogP contribution in [0.5, 0.6) is 0 Å². The predicted octanol–water partition coefficient (Wildman–Crippen LogP) is 0.0162. The van der Waals surface area contributed by atoms with Gasteiger partial charge in [0.15, 0.2) is 0 Å². The molecule has 0 radical (unpaired) electrons. The number of hydrogen-bond acceptors (Lipinski definition) is 4. The van der Waals surface area contributed by atoms with E-state index in [-0.39, 0.29) is 23.7 Å². The number of nitrogens with one attached hydrogen (secondary N) is 1. The fraction of sp³-hybridized carbons (Fsp3) is 0.583. The summed E-state index contributed by atoms with van der Waals surface area (Å²) in [6.45, 7) is 1.34. The van der Waals surface area contributed by atoms with E-state index in [2.05, 4.69) is 10.5 Å². The lowest BCUT2D eigenvalue weighted by molar-refractivity contribution is 0.0730. The van der Waals surface area contributed by atoms with Crippen LogP contribution in [-0.4, -0.2) is 60.1 Å². The van der Waals surface area contributed by atoms with E-state index in [0.717, 1.165) is 0 Å². The molecule has 102 valence electrons. The molecule has 7 nitrogen and oxygen atoms in total. The molecule has 0 bridgehead atoms. The maximum absolute atomic E-state index is 12.0. The molecular weight excluding hydrogens is 248 g/mol. The van der Waals surface area contributed by atoms with E-state index in [4.69, 9.17) is 4.52 Å². The van der Waals surface area contributed by atoms with Gasteiger partial charge in [-0.05, 0) is 0 Å². The number of carbonyl (C=O) groups excluding carboxylic acids is 2. The van der Waals surface area contributed by atoms with Crippen molar-refractivity contribution < 1.29 is 14.1 Å². The van der Waals surface area contributed by atoms with Gasteiger partial charge in [-0.1, -0.05) is 5.16 Å². The molecule has 1 aromatic heterocycles. The highest BCUT2D eigenvalue weighted by atomic mass is 16.5. The Labute approximate surface area is 110 Å². The van der Waals surface area contributed by atoms with Crippen molar-refractivity contribution in [3.8, 4) is 0 Å². The van der Waals surface area contributed by atoms with Crippen molar-refractivity contribution in [1.29, 1.82) is 0 Å². The zero-order valence-corrected chi connectivity index (χ0v) is 10.9. The quantitative estimate of drug-likeness (QED) is 0.816. The first-order valence-electron chi connectivity index (χ1n) is 6.25. The maximum atomic E-state index is 12.0. The van der Waals surface area contributed by atoms with E-state index < -0.39 is 0 Å². The second-order valence-electron chi connectivity index (χ2n) is 5.28. The minimum absolute atomic E-state index is 0.0764. The number of amides is 3. The van der Waals surface area contributed by atoms with Crippen molar-refractivity contribution in [3.63, 3.8) is 0 Å². The topological polar surface area (TPSA) is 78.7 Å². The number of hydrogen-bond donors (Lipinski definition) is 1. The average molecular weight is 264 g/mol.